The maximum atomic E-state index is 12.4. The highest BCUT2D eigenvalue weighted by Gasteiger charge is 2.36. The van der Waals surface area contributed by atoms with Gasteiger partial charge in [0.05, 0.1) is 12.7 Å². The van der Waals surface area contributed by atoms with Crippen molar-refractivity contribution in [1.29, 1.82) is 0 Å². The Morgan fingerprint density at radius 3 is 2.53 bits per heavy atom. The first-order valence-electron chi connectivity index (χ1n) is 3.68. The van der Waals surface area contributed by atoms with E-state index in [4.69, 9.17) is 11.6 Å². The Morgan fingerprint density at radius 2 is 2.07 bits per heavy atom. The lowest BCUT2D eigenvalue weighted by atomic mass is 10.2. The summed E-state index contributed by atoms with van der Waals surface area (Å²) in [7, 11) is 0.963. The molecular weight excluding hydrogens is 235 g/mol. The average molecular weight is 240 g/mol. The molecule has 7 heteroatoms. The van der Waals surface area contributed by atoms with Crippen LogP contribution in [0.15, 0.2) is 12.1 Å². The molecule has 0 N–H and O–H groups in total. The Labute approximate surface area is 87.8 Å². The molecule has 0 bridgehead atoms. The monoisotopic (exact) mass is 239 g/mol. The van der Waals surface area contributed by atoms with E-state index in [0.29, 0.717) is 6.07 Å². The predicted molar refractivity (Wildman–Crippen MR) is 45.6 cm³/mol. The van der Waals surface area contributed by atoms with Crippen LogP contribution < -0.4 is 0 Å². The van der Waals surface area contributed by atoms with Gasteiger partial charge in [-0.25, -0.2) is 9.78 Å². The summed E-state index contributed by atoms with van der Waals surface area (Å²) in [5, 5.41) is -0.205. The lowest BCUT2D eigenvalue weighted by molar-refractivity contribution is -0.138. The topological polar surface area (TPSA) is 39.2 Å². The average Bonchev–Trinajstić information content (AvgIpc) is 2.14. The van der Waals surface area contributed by atoms with E-state index in [0.717, 1.165) is 13.2 Å². The fourth-order valence-corrected chi connectivity index (χ4v) is 1.06. The summed E-state index contributed by atoms with van der Waals surface area (Å²) in [6, 6.07) is 1.64. The van der Waals surface area contributed by atoms with Crippen LogP contribution in [0, 0.1) is 0 Å². The number of carbonyl (C=O) groups excluding carboxylic acids is 1. The van der Waals surface area contributed by atoms with Gasteiger partial charge in [-0.15, -0.1) is 0 Å². The molecule has 3 nitrogen and oxygen atoms in total. The number of pyridine rings is 1. The van der Waals surface area contributed by atoms with Crippen LogP contribution in [0.3, 0.4) is 0 Å². The standard InChI is InChI=1S/C8H5ClF3NO2/c1-15-7(14)6-4(8(10,11)12)2-3-5(9)13-6/h2-3H,1H3. The predicted octanol–water partition coefficient (Wildman–Crippen LogP) is 2.54. The van der Waals surface area contributed by atoms with Crippen LogP contribution in [0.1, 0.15) is 16.1 Å². The van der Waals surface area contributed by atoms with Crippen molar-refractivity contribution in [3.63, 3.8) is 0 Å². The van der Waals surface area contributed by atoms with Crippen LogP contribution >= 0.6 is 11.6 Å². The van der Waals surface area contributed by atoms with Gasteiger partial charge >= 0.3 is 12.1 Å². The first-order valence-corrected chi connectivity index (χ1v) is 4.06. The fraction of sp³-hybridized carbons (Fsp3) is 0.250. The van der Waals surface area contributed by atoms with Gasteiger partial charge in [0.15, 0.2) is 5.69 Å². The van der Waals surface area contributed by atoms with Crippen molar-refractivity contribution in [2.75, 3.05) is 7.11 Å². The zero-order valence-corrected chi connectivity index (χ0v) is 8.19. The number of hydrogen-bond acceptors (Lipinski definition) is 3. The molecule has 0 aromatic carbocycles. The molecule has 0 unspecified atom stereocenters. The minimum Gasteiger partial charge on any atom is -0.464 e. The summed E-state index contributed by atoms with van der Waals surface area (Å²) >= 11 is 5.38. The van der Waals surface area contributed by atoms with E-state index in [1.54, 1.807) is 0 Å². The Morgan fingerprint density at radius 1 is 1.47 bits per heavy atom. The summed E-state index contributed by atoms with van der Waals surface area (Å²) in [5.41, 5.74) is -2.00. The van der Waals surface area contributed by atoms with Crippen LogP contribution in [0.2, 0.25) is 5.15 Å². The summed E-state index contributed by atoms with van der Waals surface area (Å²) in [5.74, 6) is -1.18. The van der Waals surface area contributed by atoms with E-state index in [9.17, 15) is 18.0 Å². The molecule has 0 aliphatic heterocycles. The third-order valence-corrected chi connectivity index (χ3v) is 1.76. The van der Waals surface area contributed by atoms with Crippen LogP contribution in [0.25, 0.3) is 0 Å². The van der Waals surface area contributed by atoms with Gasteiger partial charge in [0.1, 0.15) is 5.15 Å². The largest absolute Gasteiger partial charge is 0.464 e. The number of aromatic nitrogens is 1. The highest BCUT2D eigenvalue weighted by Crippen LogP contribution is 2.32. The number of nitrogens with zero attached hydrogens (tertiary/aromatic N) is 1. The Bertz CT molecular complexity index is 392. The fourth-order valence-electron chi connectivity index (χ4n) is 0.916. The minimum atomic E-state index is -4.67. The molecular formula is C8H5ClF3NO2. The molecule has 0 saturated heterocycles. The smallest absolute Gasteiger partial charge is 0.418 e. The van der Waals surface area contributed by atoms with Crippen molar-refractivity contribution >= 4 is 17.6 Å². The van der Waals surface area contributed by atoms with Gasteiger partial charge in [-0.1, -0.05) is 11.6 Å². The zero-order valence-electron chi connectivity index (χ0n) is 7.43. The molecule has 0 radical (unpaired) electrons. The molecule has 0 atom stereocenters. The van der Waals surface area contributed by atoms with Gasteiger partial charge in [-0.05, 0) is 12.1 Å². The van der Waals surface area contributed by atoms with Crippen LogP contribution in [0.4, 0.5) is 13.2 Å². The Kier molecular flexibility index (Phi) is 3.18. The minimum absolute atomic E-state index is 0.205. The third kappa shape index (κ3) is 2.59. The van der Waals surface area contributed by atoms with Crippen molar-refractivity contribution in [3.8, 4) is 0 Å². The molecule has 1 rings (SSSR count). The first kappa shape index (κ1) is 11.8. The Hall–Kier alpha value is -1.30. The maximum absolute atomic E-state index is 12.4. The summed E-state index contributed by atoms with van der Waals surface area (Å²) in [4.78, 5) is 14.3. The summed E-state index contributed by atoms with van der Waals surface area (Å²) < 4.78 is 41.3. The molecule has 82 valence electrons. The van der Waals surface area contributed by atoms with Crippen LogP contribution in [-0.2, 0) is 10.9 Å². The number of carbonyl (C=O) groups is 1. The van der Waals surface area contributed by atoms with Crippen molar-refractivity contribution in [2.45, 2.75) is 6.18 Å². The van der Waals surface area contributed by atoms with Crippen molar-refractivity contribution in [3.05, 3.63) is 28.5 Å². The van der Waals surface area contributed by atoms with Gasteiger partial charge in [-0.2, -0.15) is 13.2 Å². The second-order valence-electron chi connectivity index (χ2n) is 2.52. The van der Waals surface area contributed by atoms with E-state index in [1.807, 2.05) is 0 Å². The Balaban J connectivity index is 3.33. The number of halogens is 4. The zero-order chi connectivity index (χ0) is 11.6. The molecule has 0 spiro atoms. The van der Waals surface area contributed by atoms with Gasteiger partial charge in [0.2, 0.25) is 0 Å². The number of methoxy groups -OCH3 is 1. The van der Waals surface area contributed by atoms with Gasteiger partial charge in [-0.3, -0.25) is 0 Å². The molecule has 0 amide bonds. The van der Waals surface area contributed by atoms with Crippen molar-refractivity contribution < 1.29 is 22.7 Å². The van der Waals surface area contributed by atoms with Gasteiger partial charge < -0.3 is 4.74 Å². The molecule has 0 aliphatic carbocycles. The molecule has 1 heterocycles. The molecule has 1 aromatic rings. The number of rotatable bonds is 1. The van der Waals surface area contributed by atoms with Crippen molar-refractivity contribution in [2.24, 2.45) is 0 Å². The second kappa shape index (κ2) is 4.06. The van der Waals surface area contributed by atoms with E-state index < -0.39 is 23.4 Å². The SMILES string of the molecule is COC(=O)c1nc(Cl)ccc1C(F)(F)F. The lowest BCUT2D eigenvalue weighted by Crippen LogP contribution is -2.16. The van der Waals surface area contributed by atoms with Crippen molar-refractivity contribution in [1.82, 2.24) is 4.98 Å². The normalized spacial score (nSPS) is 11.3. The molecule has 0 fully saturated rings. The van der Waals surface area contributed by atoms with Gasteiger partial charge in [0, 0.05) is 0 Å². The highest BCUT2D eigenvalue weighted by atomic mass is 35.5. The summed E-state index contributed by atoms with van der Waals surface area (Å²) in [6.45, 7) is 0. The molecule has 15 heavy (non-hydrogen) atoms. The maximum Gasteiger partial charge on any atom is 0.418 e. The number of ether oxygens (including phenoxy) is 1. The first-order chi connectivity index (χ1) is 6.86. The summed E-state index contributed by atoms with van der Waals surface area (Å²) in [6.07, 6.45) is -4.67. The van der Waals surface area contributed by atoms with Crippen LogP contribution in [0.5, 0.6) is 0 Å². The van der Waals surface area contributed by atoms with Gasteiger partial charge in [0.25, 0.3) is 0 Å². The van der Waals surface area contributed by atoms with E-state index >= 15 is 0 Å². The lowest BCUT2D eigenvalue weighted by Gasteiger charge is -2.10. The highest BCUT2D eigenvalue weighted by molar-refractivity contribution is 6.29. The third-order valence-electron chi connectivity index (χ3n) is 1.55. The van der Waals surface area contributed by atoms with E-state index in [2.05, 4.69) is 9.72 Å². The van der Waals surface area contributed by atoms with E-state index in [-0.39, 0.29) is 5.15 Å². The molecule has 0 saturated carbocycles. The number of hydrogen-bond donors (Lipinski definition) is 0. The second-order valence-corrected chi connectivity index (χ2v) is 2.91. The number of esters is 1. The number of alkyl halides is 3. The molecule has 0 aliphatic rings. The van der Waals surface area contributed by atoms with E-state index in [1.165, 1.54) is 0 Å². The molecule has 1 aromatic heterocycles. The van der Waals surface area contributed by atoms with Crippen LogP contribution in [-0.4, -0.2) is 18.1 Å². The quantitative estimate of drug-likeness (QED) is 0.558.